The maximum Gasteiger partial charge on any atom is 0.335 e. The highest BCUT2D eigenvalue weighted by Gasteiger charge is 2.22. The third kappa shape index (κ3) is 3.38. The first-order chi connectivity index (χ1) is 11.0. The van der Waals surface area contributed by atoms with Crippen LogP contribution in [0.3, 0.4) is 0 Å². The Hall–Kier alpha value is -2.32. The van der Waals surface area contributed by atoms with Crippen LogP contribution in [-0.4, -0.2) is 28.6 Å². The number of benzene rings is 1. The number of ether oxygens (including phenoxy) is 1. The number of carbonyl (C=O) groups is 2. The van der Waals surface area contributed by atoms with Gasteiger partial charge in [0.2, 0.25) is 0 Å². The number of halogens is 1. The molecule has 2 heterocycles. The summed E-state index contributed by atoms with van der Waals surface area (Å²) in [4.78, 5) is 27.3. The van der Waals surface area contributed by atoms with E-state index in [1.807, 2.05) is 0 Å². The Morgan fingerprint density at radius 1 is 1.43 bits per heavy atom. The number of carboxylic acid groups (broad SMARTS) is 1. The van der Waals surface area contributed by atoms with Crippen molar-refractivity contribution in [3.8, 4) is 0 Å². The van der Waals surface area contributed by atoms with Gasteiger partial charge in [0, 0.05) is 12.0 Å². The number of carbonyl (C=O) groups excluding carboxylic acids is 1. The first-order valence-corrected chi connectivity index (χ1v) is 7.84. The highest BCUT2D eigenvalue weighted by atomic mass is 32.1. The Labute approximate surface area is 134 Å². The number of aromatic carboxylic acids is 1. The van der Waals surface area contributed by atoms with Gasteiger partial charge in [0.15, 0.2) is 0 Å². The van der Waals surface area contributed by atoms with Crippen molar-refractivity contribution in [3.05, 3.63) is 45.7 Å². The van der Waals surface area contributed by atoms with Crippen LogP contribution in [0.15, 0.2) is 23.6 Å². The molecule has 0 bridgehead atoms. The lowest BCUT2D eigenvalue weighted by Crippen LogP contribution is -2.14. The summed E-state index contributed by atoms with van der Waals surface area (Å²) in [6.07, 6.45) is 1.73. The van der Waals surface area contributed by atoms with Gasteiger partial charge in [0.05, 0.1) is 11.3 Å². The summed E-state index contributed by atoms with van der Waals surface area (Å²) in [5.74, 6) is -2.50. The Morgan fingerprint density at radius 2 is 2.26 bits per heavy atom. The minimum absolute atomic E-state index is 0.0892. The van der Waals surface area contributed by atoms with Crippen molar-refractivity contribution in [2.45, 2.75) is 18.9 Å². The first kappa shape index (κ1) is 15.6. The average molecular weight is 336 g/mol. The van der Waals surface area contributed by atoms with E-state index >= 15 is 0 Å². The molecule has 1 unspecified atom stereocenters. The van der Waals surface area contributed by atoms with Crippen molar-refractivity contribution in [3.63, 3.8) is 0 Å². The van der Waals surface area contributed by atoms with Crippen LogP contribution in [0.2, 0.25) is 0 Å². The molecule has 1 aromatic heterocycles. The fourth-order valence-electron chi connectivity index (χ4n) is 2.25. The third-order valence-corrected chi connectivity index (χ3v) is 4.36. The molecule has 0 radical (unpaired) electrons. The number of hydrogen-bond donors (Lipinski definition) is 2. The van der Waals surface area contributed by atoms with Crippen LogP contribution in [0.5, 0.6) is 0 Å². The van der Waals surface area contributed by atoms with E-state index in [2.05, 4.69) is 10.3 Å². The highest BCUT2D eigenvalue weighted by Crippen LogP contribution is 2.30. The van der Waals surface area contributed by atoms with Gasteiger partial charge >= 0.3 is 5.97 Å². The second-order valence-electron chi connectivity index (χ2n) is 5.03. The van der Waals surface area contributed by atoms with Gasteiger partial charge in [-0.05, 0) is 31.0 Å². The van der Waals surface area contributed by atoms with Gasteiger partial charge in [-0.15, -0.1) is 11.3 Å². The summed E-state index contributed by atoms with van der Waals surface area (Å²) in [5, 5.41) is 13.6. The zero-order valence-electron chi connectivity index (χ0n) is 11.9. The second-order valence-corrected chi connectivity index (χ2v) is 5.92. The molecule has 1 amide bonds. The van der Waals surface area contributed by atoms with E-state index in [-0.39, 0.29) is 23.0 Å². The maximum atomic E-state index is 13.7. The van der Waals surface area contributed by atoms with Gasteiger partial charge in [-0.25, -0.2) is 14.2 Å². The monoisotopic (exact) mass is 336 g/mol. The van der Waals surface area contributed by atoms with E-state index in [1.54, 1.807) is 5.38 Å². The van der Waals surface area contributed by atoms with Crippen molar-refractivity contribution in [2.75, 3.05) is 11.9 Å². The van der Waals surface area contributed by atoms with E-state index < -0.39 is 17.7 Å². The Morgan fingerprint density at radius 3 is 2.96 bits per heavy atom. The van der Waals surface area contributed by atoms with Gasteiger partial charge in [-0.2, -0.15) is 0 Å². The van der Waals surface area contributed by atoms with Gasteiger partial charge in [-0.3, -0.25) is 4.79 Å². The van der Waals surface area contributed by atoms with Crippen molar-refractivity contribution < 1.29 is 23.8 Å². The molecule has 23 heavy (non-hydrogen) atoms. The van der Waals surface area contributed by atoms with Crippen molar-refractivity contribution >= 4 is 28.9 Å². The molecule has 1 aliphatic heterocycles. The molecule has 1 atom stereocenters. The standard InChI is InChI=1S/C15H13FN2O4S/c16-9-4-3-8(15(20)21)6-10(9)17-13(19)11-7-23-14(18-11)12-2-1-5-22-12/h3-4,6-7,12H,1-2,5H2,(H,17,19)(H,20,21). The predicted octanol–water partition coefficient (Wildman–Crippen LogP) is 3.08. The number of aromatic nitrogens is 1. The van der Waals surface area contributed by atoms with Gasteiger partial charge in [0.1, 0.15) is 22.6 Å². The van der Waals surface area contributed by atoms with E-state index in [0.29, 0.717) is 11.6 Å². The van der Waals surface area contributed by atoms with Gasteiger partial charge in [0.25, 0.3) is 5.91 Å². The number of nitrogens with one attached hydrogen (secondary N) is 1. The summed E-state index contributed by atoms with van der Waals surface area (Å²) in [7, 11) is 0. The molecule has 1 aromatic carbocycles. The van der Waals surface area contributed by atoms with E-state index in [1.165, 1.54) is 11.3 Å². The molecule has 2 aromatic rings. The second kappa shape index (κ2) is 6.43. The number of hydrogen-bond acceptors (Lipinski definition) is 5. The predicted molar refractivity (Wildman–Crippen MR) is 81.4 cm³/mol. The number of thiazole rings is 1. The van der Waals surface area contributed by atoms with Gasteiger partial charge < -0.3 is 15.2 Å². The maximum absolute atomic E-state index is 13.7. The van der Waals surface area contributed by atoms with Crippen molar-refractivity contribution in [2.24, 2.45) is 0 Å². The molecule has 3 rings (SSSR count). The number of carboxylic acids is 1. The summed E-state index contributed by atoms with van der Waals surface area (Å²) in [5.41, 5.74) is -0.151. The lowest BCUT2D eigenvalue weighted by molar-refractivity contribution is 0.0696. The Balaban J connectivity index is 1.76. The van der Waals surface area contributed by atoms with E-state index in [4.69, 9.17) is 9.84 Å². The summed E-state index contributed by atoms with van der Waals surface area (Å²) >= 11 is 1.31. The normalized spacial score (nSPS) is 17.2. The molecule has 1 aliphatic rings. The average Bonchev–Trinajstić information content (AvgIpc) is 3.20. The van der Waals surface area contributed by atoms with Crippen molar-refractivity contribution in [1.82, 2.24) is 4.98 Å². The number of amides is 1. The topological polar surface area (TPSA) is 88.5 Å². The van der Waals surface area contributed by atoms with E-state index in [0.717, 1.165) is 31.0 Å². The molecule has 0 aliphatic carbocycles. The minimum atomic E-state index is -1.20. The zero-order valence-corrected chi connectivity index (χ0v) is 12.7. The highest BCUT2D eigenvalue weighted by molar-refractivity contribution is 7.09. The third-order valence-electron chi connectivity index (χ3n) is 3.42. The molecule has 0 spiro atoms. The van der Waals surface area contributed by atoms with Crippen LogP contribution in [0.25, 0.3) is 0 Å². The number of anilines is 1. The molecule has 1 fully saturated rings. The smallest absolute Gasteiger partial charge is 0.335 e. The summed E-state index contributed by atoms with van der Waals surface area (Å²) < 4.78 is 19.2. The number of rotatable bonds is 4. The molecule has 1 saturated heterocycles. The zero-order chi connectivity index (χ0) is 16.4. The molecular weight excluding hydrogens is 323 g/mol. The molecule has 8 heteroatoms. The molecular formula is C15H13FN2O4S. The molecule has 120 valence electrons. The summed E-state index contributed by atoms with van der Waals surface area (Å²) in [6, 6.07) is 3.20. The van der Waals surface area contributed by atoms with Crippen LogP contribution in [-0.2, 0) is 4.74 Å². The van der Waals surface area contributed by atoms with Crippen LogP contribution in [0, 0.1) is 5.82 Å². The number of nitrogens with zero attached hydrogens (tertiary/aromatic N) is 1. The van der Waals surface area contributed by atoms with Crippen LogP contribution < -0.4 is 5.32 Å². The SMILES string of the molecule is O=C(O)c1ccc(F)c(NC(=O)c2csc(C3CCCO3)n2)c1. The van der Waals surface area contributed by atoms with Crippen LogP contribution in [0.4, 0.5) is 10.1 Å². The molecule has 2 N–H and O–H groups in total. The van der Waals surface area contributed by atoms with E-state index in [9.17, 15) is 14.0 Å². The fourth-order valence-corrected chi connectivity index (χ4v) is 3.13. The van der Waals surface area contributed by atoms with Crippen LogP contribution in [0.1, 0.15) is 44.8 Å². The largest absolute Gasteiger partial charge is 0.478 e. The Bertz CT molecular complexity index is 756. The lowest BCUT2D eigenvalue weighted by atomic mass is 10.2. The van der Waals surface area contributed by atoms with Crippen LogP contribution >= 0.6 is 11.3 Å². The lowest BCUT2D eigenvalue weighted by Gasteiger charge is -2.06. The molecule has 6 nitrogen and oxygen atoms in total. The fraction of sp³-hybridized carbons (Fsp3) is 0.267. The van der Waals surface area contributed by atoms with Gasteiger partial charge in [-0.1, -0.05) is 0 Å². The Kier molecular flexibility index (Phi) is 4.35. The van der Waals surface area contributed by atoms with Crippen molar-refractivity contribution in [1.29, 1.82) is 0 Å². The molecule has 0 saturated carbocycles. The first-order valence-electron chi connectivity index (χ1n) is 6.96. The summed E-state index contributed by atoms with van der Waals surface area (Å²) in [6.45, 7) is 0.680. The minimum Gasteiger partial charge on any atom is -0.478 e. The quantitative estimate of drug-likeness (QED) is 0.896.